The number of carbonyl (C=O) groups excluding carboxylic acids is 1. The van der Waals surface area contributed by atoms with Gasteiger partial charge in [0.1, 0.15) is 6.61 Å². The number of halogens is 3. The Balaban J connectivity index is 1.62. The van der Waals surface area contributed by atoms with E-state index in [0.29, 0.717) is 40.9 Å². The van der Waals surface area contributed by atoms with Crippen LogP contribution in [0.4, 0.5) is 0 Å². The maximum absolute atomic E-state index is 12.4. The summed E-state index contributed by atoms with van der Waals surface area (Å²) in [5, 5.41) is 0.365. The largest absolute Gasteiger partial charge is 0.490 e. The van der Waals surface area contributed by atoms with Gasteiger partial charge in [-0.15, -0.1) is 0 Å². The van der Waals surface area contributed by atoms with E-state index in [1.165, 1.54) is 0 Å². The number of ether oxygens (including phenoxy) is 3. The van der Waals surface area contributed by atoms with Crippen molar-refractivity contribution >= 4 is 61.4 Å². The molecule has 3 aromatic rings. The molecule has 5 nitrogen and oxygen atoms in total. The lowest BCUT2D eigenvalue weighted by Gasteiger charge is -2.14. The van der Waals surface area contributed by atoms with Gasteiger partial charge in [-0.05, 0) is 76.5 Å². The normalized spacial score (nSPS) is 14.2. The van der Waals surface area contributed by atoms with Gasteiger partial charge in [-0.3, -0.25) is 0 Å². The van der Waals surface area contributed by atoms with E-state index in [1.807, 2.05) is 55.5 Å². The molecule has 0 saturated carbocycles. The first kappa shape index (κ1) is 23.5. The Bertz CT molecular complexity index is 1270. The highest BCUT2D eigenvalue weighted by atomic mass is 79.9. The molecule has 33 heavy (non-hydrogen) atoms. The molecule has 0 spiro atoms. The quantitative estimate of drug-likeness (QED) is 0.216. The molecule has 168 valence electrons. The van der Waals surface area contributed by atoms with Gasteiger partial charge in [0.15, 0.2) is 17.2 Å². The molecule has 0 saturated heterocycles. The molecule has 1 aliphatic heterocycles. The van der Waals surface area contributed by atoms with Crippen LogP contribution < -0.4 is 9.47 Å². The highest BCUT2D eigenvalue weighted by Gasteiger charge is 2.25. The molecular weight excluding hydrogens is 574 g/mol. The molecule has 1 heterocycles. The van der Waals surface area contributed by atoms with Gasteiger partial charge in [-0.25, -0.2) is 9.79 Å². The number of hydrogen-bond acceptors (Lipinski definition) is 5. The Hall–Kier alpha value is -2.61. The molecule has 0 N–H and O–H groups in total. The second-order valence-corrected chi connectivity index (χ2v) is 9.17. The van der Waals surface area contributed by atoms with E-state index in [9.17, 15) is 4.79 Å². The molecule has 0 radical (unpaired) electrons. The summed E-state index contributed by atoms with van der Waals surface area (Å²) in [6.07, 6.45) is 1.61. The standard InChI is InChI=1S/C25H18Br2ClNO4/c1-2-31-22-13-16(11-20(28)23(22)32-14-15-6-5-7-17(26)10-15)12-21-25(30)33-24(29-21)18-8-3-4-9-19(18)27/h3-13H,2,14H2,1H3/b21-12-. The number of esters is 1. The average Bonchev–Trinajstić information content (AvgIpc) is 3.13. The molecule has 3 aromatic carbocycles. The van der Waals surface area contributed by atoms with Gasteiger partial charge in [0.2, 0.25) is 5.90 Å². The summed E-state index contributed by atoms with van der Waals surface area (Å²) in [6.45, 7) is 2.63. The number of carbonyl (C=O) groups is 1. The van der Waals surface area contributed by atoms with Crippen LogP contribution >= 0.6 is 43.5 Å². The van der Waals surface area contributed by atoms with Crippen molar-refractivity contribution in [1.82, 2.24) is 0 Å². The lowest BCUT2D eigenvalue weighted by molar-refractivity contribution is -0.129. The van der Waals surface area contributed by atoms with E-state index >= 15 is 0 Å². The van der Waals surface area contributed by atoms with E-state index in [-0.39, 0.29) is 11.6 Å². The van der Waals surface area contributed by atoms with E-state index in [2.05, 4.69) is 36.9 Å². The lowest BCUT2D eigenvalue weighted by Crippen LogP contribution is -2.05. The zero-order valence-corrected chi connectivity index (χ0v) is 21.4. The third-order valence-corrected chi connectivity index (χ3v) is 6.10. The second-order valence-electron chi connectivity index (χ2n) is 7.00. The Morgan fingerprint density at radius 3 is 2.64 bits per heavy atom. The van der Waals surface area contributed by atoms with Crippen LogP contribution in [0.15, 0.2) is 80.3 Å². The third-order valence-electron chi connectivity index (χ3n) is 4.63. The first-order chi connectivity index (χ1) is 15.9. The fourth-order valence-corrected chi connectivity index (χ4v) is 4.35. The van der Waals surface area contributed by atoms with Crippen LogP contribution in [0.1, 0.15) is 23.6 Å². The first-order valence-electron chi connectivity index (χ1n) is 10.1. The summed E-state index contributed by atoms with van der Waals surface area (Å²) in [5.41, 5.74) is 2.49. The molecule has 0 bridgehead atoms. The molecule has 0 unspecified atom stereocenters. The van der Waals surface area contributed by atoms with Gasteiger partial charge < -0.3 is 14.2 Å². The van der Waals surface area contributed by atoms with Crippen LogP contribution in [-0.4, -0.2) is 18.5 Å². The number of cyclic esters (lactones) is 1. The second kappa shape index (κ2) is 10.5. The average molecular weight is 592 g/mol. The Labute approximate surface area is 213 Å². The van der Waals surface area contributed by atoms with E-state index in [1.54, 1.807) is 18.2 Å². The monoisotopic (exact) mass is 589 g/mol. The maximum atomic E-state index is 12.4. The van der Waals surface area contributed by atoms with Crippen molar-refractivity contribution < 1.29 is 19.0 Å². The Morgan fingerprint density at radius 1 is 1.06 bits per heavy atom. The molecule has 4 rings (SSSR count). The minimum absolute atomic E-state index is 0.169. The Kier molecular flexibility index (Phi) is 7.53. The summed E-state index contributed by atoms with van der Waals surface area (Å²) in [5.74, 6) is 0.619. The fraction of sp³-hybridized carbons (Fsp3) is 0.120. The van der Waals surface area contributed by atoms with Gasteiger partial charge in [0.05, 0.1) is 17.2 Å². The Morgan fingerprint density at radius 2 is 1.88 bits per heavy atom. The molecular formula is C25H18Br2ClNO4. The third kappa shape index (κ3) is 5.66. The molecule has 0 aromatic heterocycles. The van der Waals surface area contributed by atoms with Crippen LogP contribution in [0.25, 0.3) is 6.08 Å². The summed E-state index contributed by atoms with van der Waals surface area (Å²) >= 11 is 13.4. The minimum Gasteiger partial charge on any atom is -0.490 e. The summed E-state index contributed by atoms with van der Waals surface area (Å²) < 4.78 is 18.8. The predicted octanol–water partition coefficient (Wildman–Crippen LogP) is 7.19. The summed E-state index contributed by atoms with van der Waals surface area (Å²) in [6, 6.07) is 18.7. The maximum Gasteiger partial charge on any atom is 0.363 e. The molecule has 1 aliphatic rings. The lowest BCUT2D eigenvalue weighted by atomic mass is 10.1. The molecule has 0 amide bonds. The zero-order chi connectivity index (χ0) is 23.4. The smallest absolute Gasteiger partial charge is 0.363 e. The van der Waals surface area contributed by atoms with Gasteiger partial charge in [-0.2, -0.15) is 0 Å². The van der Waals surface area contributed by atoms with Gasteiger partial charge in [0, 0.05) is 8.95 Å². The zero-order valence-electron chi connectivity index (χ0n) is 17.5. The molecule has 0 aliphatic carbocycles. The molecule has 0 atom stereocenters. The highest BCUT2D eigenvalue weighted by Crippen LogP contribution is 2.38. The molecule has 0 fully saturated rings. The van der Waals surface area contributed by atoms with E-state index in [0.717, 1.165) is 14.5 Å². The highest BCUT2D eigenvalue weighted by molar-refractivity contribution is 9.10. The number of hydrogen-bond donors (Lipinski definition) is 0. The van der Waals surface area contributed by atoms with Gasteiger partial charge >= 0.3 is 5.97 Å². The predicted molar refractivity (Wildman–Crippen MR) is 136 cm³/mol. The summed E-state index contributed by atoms with van der Waals surface area (Å²) in [4.78, 5) is 16.8. The summed E-state index contributed by atoms with van der Waals surface area (Å²) in [7, 11) is 0. The van der Waals surface area contributed by atoms with Crippen molar-refractivity contribution in [1.29, 1.82) is 0 Å². The first-order valence-corrected chi connectivity index (χ1v) is 12.0. The van der Waals surface area contributed by atoms with Crippen molar-refractivity contribution in [3.8, 4) is 11.5 Å². The van der Waals surface area contributed by atoms with Crippen molar-refractivity contribution in [2.75, 3.05) is 6.61 Å². The van der Waals surface area contributed by atoms with Crippen LogP contribution in [0.2, 0.25) is 5.02 Å². The SMILES string of the molecule is CCOc1cc(/C=C2\N=C(c3ccccc3Br)OC2=O)cc(Cl)c1OCc1cccc(Br)c1. The van der Waals surface area contributed by atoms with E-state index < -0.39 is 5.97 Å². The van der Waals surface area contributed by atoms with Gasteiger partial charge in [-0.1, -0.05) is 51.8 Å². The minimum atomic E-state index is -0.537. The van der Waals surface area contributed by atoms with Crippen molar-refractivity contribution in [3.63, 3.8) is 0 Å². The van der Waals surface area contributed by atoms with Crippen molar-refractivity contribution in [2.24, 2.45) is 4.99 Å². The van der Waals surface area contributed by atoms with Crippen LogP contribution in [-0.2, 0) is 16.1 Å². The number of benzene rings is 3. The van der Waals surface area contributed by atoms with Gasteiger partial charge in [0.25, 0.3) is 0 Å². The molecule has 8 heteroatoms. The number of aliphatic imine (C=N–C) groups is 1. The van der Waals surface area contributed by atoms with Crippen LogP contribution in [0, 0.1) is 0 Å². The van der Waals surface area contributed by atoms with Crippen LogP contribution in [0.5, 0.6) is 11.5 Å². The van der Waals surface area contributed by atoms with E-state index in [4.69, 9.17) is 25.8 Å². The van der Waals surface area contributed by atoms with Crippen LogP contribution in [0.3, 0.4) is 0 Å². The van der Waals surface area contributed by atoms with Crippen molar-refractivity contribution in [3.05, 3.63) is 97.0 Å². The topological polar surface area (TPSA) is 57.1 Å². The van der Waals surface area contributed by atoms with Crippen molar-refractivity contribution in [2.45, 2.75) is 13.5 Å². The number of rotatable bonds is 7. The number of nitrogens with zero attached hydrogens (tertiary/aromatic N) is 1. The fourth-order valence-electron chi connectivity index (χ4n) is 3.17.